The Hall–Kier alpha value is -1.96. The van der Waals surface area contributed by atoms with Crippen molar-refractivity contribution in [1.82, 2.24) is 10.1 Å². The van der Waals surface area contributed by atoms with Gasteiger partial charge in [-0.15, -0.1) is 0 Å². The van der Waals surface area contributed by atoms with Gasteiger partial charge in [0.25, 0.3) is 5.89 Å². The Kier molecular flexibility index (Phi) is 8.50. The number of nitrogens with zero attached hydrogens (tertiary/aromatic N) is 3. The summed E-state index contributed by atoms with van der Waals surface area (Å²) in [5.41, 5.74) is 0.189. The third kappa shape index (κ3) is 6.43. The highest BCUT2D eigenvalue weighted by Crippen LogP contribution is 2.40. The van der Waals surface area contributed by atoms with Gasteiger partial charge in [-0.1, -0.05) is 102 Å². The monoisotopic (exact) mass is 517 g/mol. The third-order valence-corrected chi connectivity index (χ3v) is 7.58. The Labute approximate surface area is 217 Å². The van der Waals surface area contributed by atoms with Crippen LogP contribution in [-0.4, -0.2) is 41.9 Å². The van der Waals surface area contributed by atoms with Crippen LogP contribution in [0.25, 0.3) is 0 Å². The Balaban J connectivity index is 1.40. The van der Waals surface area contributed by atoms with Crippen molar-refractivity contribution in [2.75, 3.05) is 27.2 Å². The molecule has 188 valence electrons. The van der Waals surface area contributed by atoms with E-state index >= 15 is 0 Å². The molecule has 0 amide bonds. The molecule has 6 nitrogen and oxygen atoms in total. The van der Waals surface area contributed by atoms with Crippen molar-refractivity contribution in [2.45, 2.75) is 50.9 Å². The van der Waals surface area contributed by atoms with E-state index in [-0.39, 0.29) is 11.7 Å². The molecule has 0 aliphatic heterocycles. The van der Waals surface area contributed by atoms with Crippen molar-refractivity contribution in [1.29, 1.82) is 0 Å². The molecule has 2 aromatic carbocycles. The number of benzene rings is 2. The highest BCUT2D eigenvalue weighted by molar-refractivity contribution is 6.42. The predicted octanol–water partition coefficient (Wildman–Crippen LogP) is 5.35. The van der Waals surface area contributed by atoms with Crippen LogP contribution in [0.15, 0.2) is 53.1 Å². The quantitative estimate of drug-likeness (QED) is 0.267. The average molecular weight is 518 g/mol. The number of hydrogen-bond donors (Lipinski definition) is 0. The van der Waals surface area contributed by atoms with Gasteiger partial charge in [-0.2, -0.15) is 4.98 Å². The first-order valence-electron chi connectivity index (χ1n) is 12.2. The van der Waals surface area contributed by atoms with Crippen molar-refractivity contribution in [3.63, 3.8) is 0 Å². The molecular formula is C27H33Cl2N3O3. The Morgan fingerprint density at radius 3 is 2.51 bits per heavy atom. The number of aromatic nitrogens is 2. The van der Waals surface area contributed by atoms with Crippen molar-refractivity contribution in [2.24, 2.45) is 5.92 Å². The smallest absolute Gasteiger partial charge is 0.281 e. The lowest BCUT2D eigenvalue weighted by Gasteiger charge is -2.46. The Bertz CT molecular complexity index is 1100. The maximum Gasteiger partial charge on any atom is 0.281 e. The van der Waals surface area contributed by atoms with Crippen LogP contribution >= 0.6 is 23.2 Å². The van der Waals surface area contributed by atoms with Crippen LogP contribution in [0.4, 0.5) is 0 Å². The van der Waals surface area contributed by atoms with Crippen molar-refractivity contribution in [3.05, 3.63) is 81.4 Å². The normalized spacial score (nSPS) is 16.8. The van der Waals surface area contributed by atoms with E-state index in [0.717, 1.165) is 37.8 Å². The zero-order valence-corrected chi connectivity index (χ0v) is 21.9. The SMILES string of the molecule is C[N+](C)(CCOCc1ccc(Cl)c(Cl)c1)Cc1nc(C([O-])(c2ccccc2)C2CCCCC2)no1. The summed E-state index contributed by atoms with van der Waals surface area (Å²) in [5.74, 6) is 0.685. The second-order valence-corrected chi connectivity index (χ2v) is 10.9. The third-order valence-electron chi connectivity index (χ3n) is 6.84. The lowest BCUT2D eigenvalue weighted by Crippen LogP contribution is -2.50. The standard InChI is InChI=1S/C27H33Cl2N3O3/c1-32(2,15-16-34-19-20-13-14-23(28)24(29)17-20)18-25-30-26(31-35-25)27(33,21-9-5-3-6-10-21)22-11-7-4-8-12-22/h3,5-6,9-10,13-14,17,22H,4,7-8,11-12,15-16,18-19H2,1-2H3. The van der Waals surface area contributed by atoms with E-state index in [9.17, 15) is 5.11 Å². The molecular weight excluding hydrogens is 485 g/mol. The average Bonchev–Trinajstić information content (AvgIpc) is 3.33. The van der Waals surface area contributed by atoms with Crippen LogP contribution in [-0.2, 0) is 23.5 Å². The molecule has 0 radical (unpaired) electrons. The Morgan fingerprint density at radius 1 is 1.06 bits per heavy atom. The molecule has 0 saturated heterocycles. The van der Waals surface area contributed by atoms with Gasteiger partial charge in [0.2, 0.25) is 0 Å². The Morgan fingerprint density at radius 2 is 1.80 bits per heavy atom. The molecule has 1 aliphatic carbocycles. The number of rotatable bonds is 10. The maximum absolute atomic E-state index is 14.4. The van der Waals surface area contributed by atoms with Gasteiger partial charge in [0.05, 0.1) is 37.4 Å². The van der Waals surface area contributed by atoms with Gasteiger partial charge in [-0.3, -0.25) is 0 Å². The van der Waals surface area contributed by atoms with Gasteiger partial charge in [0.1, 0.15) is 6.54 Å². The molecule has 0 spiro atoms. The molecule has 1 saturated carbocycles. The van der Waals surface area contributed by atoms with E-state index in [0.29, 0.717) is 45.7 Å². The highest BCUT2D eigenvalue weighted by Gasteiger charge is 2.36. The summed E-state index contributed by atoms with van der Waals surface area (Å²) < 4.78 is 12.1. The summed E-state index contributed by atoms with van der Waals surface area (Å²) in [6, 6.07) is 15.0. The minimum atomic E-state index is -1.50. The molecule has 0 bridgehead atoms. The largest absolute Gasteiger partial charge is 0.840 e. The number of hydrogen-bond acceptors (Lipinski definition) is 5. The van der Waals surface area contributed by atoms with E-state index < -0.39 is 5.60 Å². The molecule has 1 unspecified atom stereocenters. The minimum Gasteiger partial charge on any atom is -0.840 e. The van der Waals surface area contributed by atoms with Gasteiger partial charge in [-0.05, 0) is 29.2 Å². The predicted molar refractivity (Wildman–Crippen MR) is 135 cm³/mol. The van der Waals surface area contributed by atoms with Crippen molar-refractivity contribution < 1.29 is 18.8 Å². The lowest BCUT2D eigenvalue weighted by atomic mass is 9.73. The molecule has 1 fully saturated rings. The molecule has 1 aliphatic rings. The van der Waals surface area contributed by atoms with E-state index in [1.165, 1.54) is 6.42 Å². The van der Waals surface area contributed by atoms with E-state index in [4.69, 9.17) is 32.5 Å². The number of halogens is 2. The minimum absolute atomic E-state index is 0.0404. The summed E-state index contributed by atoms with van der Waals surface area (Å²) >= 11 is 12.0. The van der Waals surface area contributed by atoms with Gasteiger partial charge in [0, 0.05) is 0 Å². The molecule has 35 heavy (non-hydrogen) atoms. The topological polar surface area (TPSA) is 71.2 Å². The fraction of sp³-hybridized carbons (Fsp3) is 0.481. The molecule has 1 heterocycles. The molecule has 0 N–H and O–H groups in total. The van der Waals surface area contributed by atoms with E-state index in [1.54, 1.807) is 6.07 Å². The molecule has 4 rings (SSSR count). The summed E-state index contributed by atoms with van der Waals surface area (Å²) in [6.07, 6.45) is 5.09. The second-order valence-electron chi connectivity index (χ2n) is 10.1. The fourth-order valence-electron chi connectivity index (χ4n) is 4.79. The molecule has 1 aromatic heterocycles. The molecule has 1 atom stereocenters. The maximum atomic E-state index is 14.4. The number of quaternary nitrogens is 1. The molecule has 8 heteroatoms. The van der Waals surface area contributed by atoms with Crippen LogP contribution in [0, 0.1) is 5.92 Å². The zero-order valence-electron chi connectivity index (χ0n) is 20.4. The van der Waals surface area contributed by atoms with Crippen LogP contribution in [0.2, 0.25) is 10.0 Å². The first-order valence-corrected chi connectivity index (χ1v) is 13.0. The van der Waals surface area contributed by atoms with Crippen LogP contribution in [0.3, 0.4) is 0 Å². The second kappa shape index (κ2) is 11.4. The van der Waals surface area contributed by atoms with Gasteiger partial charge in [-0.25, -0.2) is 0 Å². The fourth-order valence-corrected chi connectivity index (χ4v) is 5.11. The van der Waals surface area contributed by atoms with Crippen molar-refractivity contribution >= 4 is 23.2 Å². The summed E-state index contributed by atoms with van der Waals surface area (Å²) in [5, 5.41) is 19.7. The number of ether oxygens (including phenoxy) is 1. The summed E-state index contributed by atoms with van der Waals surface area (Å²) in [6.45, 7) is 2.26. The summed E-state index contributed by atoms with van der Waals surface area (Å²) in [7, 11) is 4.16. The molecule has 3 aromatic rings. The van der Waals surface area contributed by atoms with E-state index in [1.807, 2.05) is 42.5 Å². The van der Waals surface area contributed by atoms with Gasteiger partial charge >= 0.3 is 0 Å². The van der Waals surface area contributed by atoms with Crippen molar-refractivity contribution in [3.8, 4) is 0 Å². The summed E-state index contributed by atoms with van der Waals surface area (Å²) in [4.78, 5) is 4.64. The van der Waals surface area contributed by atoms with Gasteiger partial charge in [0.15, 0.2) is 12.4 Å². The highest BCUT2D eigenvalue weighted by atomic mass is 35.5. The lowest BCUT2D eigenvalue weighted by molar-refractivity contribution is -0.905. The first kappa shape index (κ1) is 26.1. The van der Waals surface area contributed by atoms with Crippen LogP contribution < -0.4 is 5.11 Å². The van der Waals surface area contributed by atoms with Gasteiger partial charge < -0.3 is 18.8 Å². The zero-order chi connectivity index (χ0) is 24.9. The first-order chi connectivity index (χ1) is 16.8. The van der Waals surface area contributed by atoms with E-state index in [2.05, 4.69) is 24.2 Å². The number of likely N-dealkylation sites (N-methyl/N-ethyl adjacent to an activating group) is 1. The van der Waals surface area contributed by atoms with Crippen LogP contribution in [0.1, 0.15) is 54.9 Å². The van der Waals surface area contributed by atoms with Crippen LogP contribution in [0.5, 0.6) is 0 Å².